The van der Waals surface area contributed by atoms with Crippen molar-refractivity contribution < 1.29 is 38.1 Å². The van der Waals surface area contributed by atoms with Crippen molar-refractivity contribution in [2.24, 2.45) is 0 Å². The maximum Gasteiger partial charge on any atom is 0.266 e. The molecule has 12 nitrogen and oxygen atoms in total. The Morgan fingerprint density at radius 3 is 0.479 bits per heavy atom. The first-order valence-electron chi connectivity index (χ1n) is 50.5. The van der Waals surface area contributed by atoms with Gasteiger partial charge in [-0.15, -0.1) is 0 Å². The molecule has 0 saturated carbocycles. The summed E-state index contributed by atoms with van der Waals surface area (Å²) in [6.07, 6.45) is 0. The lowest BCUT2D eigenvalue weighted by atomic mass is 9.79. The molecule has 0 aliphatic carbocycles. The number of aromatic nitrogens is 2. The Balaban J connectivity index is 1.04. The number of hydrogen-bond donors (Lipinski definition) is 0. The van der Waals surface area contributed by atoms with Crippen LogP contribution < -0.4 is 28.7 Å². The second kappa shape index (κ2) is 34.4. The molecule has 0 saturated heterocycles. The van der Waals surface area contributed by atoms with Gasteiger partial charge in [0.05, 0.1) is 56.4 Å². The molecular weight excluding hydrogens is 1750 g/mol. The Kier molecular flexibility index (Phi) is 24.3. The van der Waals surface area contributed by atoms with Gasteiger partial charge in [-0.1, -0.05) is 322 Å². The number of amides is 4. The number of carbonyl (C=O) groups is 4. The van der Waals surface area contributed by atoms with Crippen LogP contribution in [0.2, 0.25) is 0 Å². The van der Waals surface area contributed by atoms with Crippen LogP contribution in [0.15, 0.2) is 218 Å². The summed E-state index contributed by atoms with van der Waals surface area (Å²) in [4.78, 5) is 84.9. The summed E-state index contributed by atoms with van der Waals surface area (Å²) in [7, 11) is 0. The van der Waals surface area contributed by atoms with E-state index in [4.69, 9.17) is 28.9 Å². The molecule has 2 aliphatic heterocycles. The van der Waals surface area contributed by atoms with Crippen molar-refractivity contribution in [3.63, 3.8) is 0 Å². The van der Waals surface area contributed by atoms with Gasteiger partial charge in [-0.2, -0.15) is 0 Å². The van der Waals surface area contributed by atoms with E-state index in [9.17, 15) is 0 Å². The van der Waals surface area contributed by atoms with Gasteiger partial charge in [0.15, 0.2) is 0 Å². The molecule has 142 heavy (non-hydrogen) atoms. The highest BCUT2D eigenvalue weighted by molar-refractivity contribution is 6.48. The highest BCUT2D eigenvalue weighted by Gasteiger charge is 2.45. The summed E-state index contributed by atoms with van der Waals surface area (Å²) in [6.45, 7) is 79.2. The summed E-state index contributed by atoms with van der Waals surface area (Å²) in [5, 5.41) is 2.90. The first-order valence-corrected chi connectivity index (χ1v) is 50.5. The highest BCUT2D eigenvalue weighted by Crippen LogP contribution is 2.60. The first-order chi connectivity index (χ1) is 65.5. The van der Waals surface area contributed by atoms with E-state index < -0.39 is 23.6 Å². The molecule has 0 radical (unpaired) electrons. The van der Waals surface area contributed by atoms with Crippen LogP contribution in [-0.4, -0.2) is 33.6 Å². The quantitative estimate of drug-likeness (QED) is 0.0588. The number of hydrogen-bond acceptors (Lipinski definition) is 10. The van der Waals surface area contributed by atoms with Gasteiger partial charge in [0.25, 0.3) is 23.6 Å². The third kappa shape index (κ3) is 19.3. The van der Waals surface area contributed by atoms with Crippen LogP contribution in [0.1, 0.15) is 357 Å². The lowest BCUT2D eigenvalue weighted by Crippen LogP contribution is -2.41. The van der Waals surface area contributed by atoms with E-state index >= 15 is 19.2 Å². The van der Waals surface area contributed by atoms with Crippen molar-refractivity contribution in [1.82, 2.24) is 9.97 Å². The predicted octanol–water partition coefficient (Wildman–Crippen LogP) is 35.5. The molecule has 4 amide bonds. The number of fused-ring (bicyclic) bond motifs is 2. The zero-order valence-corrected chi connectivity index (χ0v) is 90.8. The van der Waals surface area contributed by atoms with Crippen molar-refractivity contribution in [1.29, 1.82) is 0 Å². The molecule has 17 rings (SSSR count). The largest absolute Gasteiger partial charge is 0.457 e. The van der Waals surface area contributed by atoms with Crippen LogP contribution in [-0.2, 0) is 65.0 Å². The van der Waals surface area contributed by atoms with Crippen molar-refractivity contribution in [2.45, 2.75) is 314 Å². The Bertz CT molecular complexity index is 6630. The van der Waals surface area contributed by atoms with E-state index in [2.05, 4.69) is 371 Å². The van der Waals surface area contributed by atoms with E-state index in [1.165, 1.54) is 9.80 Å². The van der Waals surface area contributed by atoms with Crippen molar-refractivity contribution in [2.75, 3.05) is 9.80 Å². The van der Waals surface area contributed by atoms with Gasteiger partial charge in [0.1, 0.15) is 46.0 Å². The fourth-order valence-electron chi connectivity index (χ4n) is 19.3. The van der Waals surface area contributed by atoms with Gasteiger partial charge < -0.3 is 18.9 Å². The van der Waals surface area contributed by atoms with Crippen molar-refractivity contribution in [3.05, 3.63) is 307 Å². The molecular formula is C130H144N4O8. The van der Waals surface area contributed by atoms with Crippen LogP contribution in [0.4, 0.5) is 11.4 Å². The predicted molar refractivity (Wildman–Crippen MR) is 591 cm³/mol. The lowest BCUT2D eigenvalue weighted by Gasteiger charge is -2.33. The third-order valence-corrected chi connectivity index (χ3v) is 28.7. The SMILES string of the molecule is CC(C)(C)c1ccc(Oc2cc3c4c(cc(Oc5ccc(C(C)(C)C)cc5)c5c6c(Oc7ccc(C(C)(C)C)cc7)cc7c8c(cc(Oc9ccc(C(C)(C)C)cc9)c(c2c45)c86)C(=O)N(c2cc(-c4cc(C(C)(C)C)cc(C(C)(C)C)c4)nc(-c4cc(C(C)(C)C)cc(C(C)(C)C)c4)c2)C7=O)C(=O)N(c2cc(-c4cc(C(C)(C)C)cc(C(C)(C)C)c4)nc(-c4cc(C(C)(C)C)cc(C(C)(C)C)c4)c2)C3=O)cc1. The van der Waals surface area contributed by atoms with Crippen molar-refractivity contribution >= 4 is 78.1 Å². The highest BCUT2D eigenvalue weighted by atomic mass is 16.5. The lowest BCUT2D eigenvalue weighted by molar-refractivity contribution is 0.0877. The second-order valence-electron chi connectivity index (χ2n) is 52.5. The molecule has 0 fully saturated rings. The fraction of sp³-hybridized carbons (Fsp3) is 0.369. The Hall–Kier alpha value is -13.1. The zero-order chi connectivity index (χ0) is 103. The zero-order valence-electron chi connectivity index (χ0n) is 90.8. The first kappa shape index (κ1) is 100. The number of benzene rings is 13. The summed E-state index contributed by atoms with van der Waals surface area (Å²) in [5.74, 6) is -0.0835. The standard InChI is InChI=1S/C130H144N4O8/c1-119(2,3)77-37-45-91(46-38-77)139-103-69-95-107-96(116(136)133(115(95)135)89-65-99(73-53-81(123(13,14)15)61-82(54-73)124(16,17)18)131-100(66-89)74-55-83(125(19,20)21)62-84(56-74)126(22,23)24)71-105(141-93-49-41-79(42-50-93)121(7,8)9)111-112-106(142-94-51-43-80(44-52-94)122(10,11)12)72-98-108-97(70-104(110(114(108)112)109(103)113(107)111)140-92-47-39-78(40-48-92)120(4,5)6)117(137)134(118(98)138)90-67-101(75-57-85(127(25,26)27)63-86(58-75)128(28,29)30)132-102(68-90)76-59-87(129(31,32)33)64-88(60-76)130(34,35)36/h37-72H,1-36H3. The Morgan fingerprint density at radius 1 is 0.176 bits per heavy atom. The molecule has 2 aromatic heterocycles. The Labute approximate surface area is 843 Å². The van der Waals surface area contributed by atoms with Gasteiger partial charge in [-0.3, -0.25) is 19.2 Å². The van der Waals surface area contributed by atoms with Crippen LogP contribution in [0.3, 0.4) is 0 Å². The molecule has 0 atom stereocenters. The fourth-order valence-corrected chi connectivity index (χ4v) is 19.3. The second-order valence-corrected chi connectivity index (χ2v) is 52.5. The molecule has 4 heterocycles. The number of carbonyl (C=O) groups excluding carboxylic acids is 4. The normalized spacial score (nSPS) is 14.1. The van der Waals surface area contributed by atoms with Gasteiger partial charge in [-0.25, -0.2) is 19.8 Å². The maximum atomic E-state index is 17.7. The minimum absolute atomic E-state index is 0.137. The minimum Gasteiger partial charge on any atom is -0.457 e. The molecule has 0 unspecified atom stereocenters. The van der Waals surface area contributed by atoms with E-state index in [0.29, 0.717) is 88.9 Å². The van der Waals surface area contributed by atoms with E-state index in [1.807, 2.05) is 72.8 Å². The molecule has 15 aromatic rings. The van der Waals surface area contributed by atoms with Crippen molar-refractivity contribution in [3.8, 4) is 91.0 Å². The van der Waals surface area contributed by atoms with Crippen LogP contribution in [0.25, 0.3) is 88.1 Å². The summed E-state index contributed by atoms with van der Waals surface area (Å²) < 4.78 is 31.0. The number of ether oxygens (including phenoxy) is 4. The number of rotatable bonds is 14. The maximum absolute atomic E-state index is 17.7. The minimum atomic E-state index is -0.635. The average molecular weight is 1890 g/mol. The van der Waals surface area contributed by atoms with Crippen LogP contribution in [0, 0.1) is 0 Å². The van der Waals surface area contributed by atoms with E-state index in [-0.39, 0.29) is 122 Å². The van der Waals surface area contributed by atoms with E-state index in [0.717, 1.165) is 89.0 Å². The Morgan fingerprint density at radius 2 is 0.331 bits per heavy atom. The summed E-state index contributed by atoms with van der Waals surface area (Å²) >= 11 is 0. The number of nitrogens with zero attached hydrogens (tertiary/aromatic N) is 4. The summed E-state index contributed by atoms with van der Waals surface area (Å²) in [6, 6.07) is 73.5. The van der Waals surface area contributed by atoms with Crippen LogP contribution in [0.5, 0.6) is 46.0 Å². The number of pyridine rings is 2. The van der Waals surface area contributed by atoms with Gasteiger partial charge in [-0.05, 0) is 277 Å². The molecule has 0 N–H and O–H groups in total. The van der Waals surface area contributed by atoms with E-state index in [1.54, 1.807) is 24.3 Å². The van der Waals surface area contributed by atoms with Gasteiger partial charge in [0.2, 0.25) is 0 Å². The summed E-state index contributed by atoms with van der Waals surface area (Å²) in [5.41, 5.74) is 16.2. The molecule has 12 heteroatoms. The smallest absolute Gasteiger partial charge is 0.266 e. The molecule has 732 valence electrons. The third-order valence-electron chi connectivity index (χ3n) is 28.7. The topological polar surface area (TPSA) is 137 Å². The number of imide groups is 2. The van der Waals surface area contributed by atoms with Gasteiger partial charge in [0, 0.05) is 65.3 Å². The molecule has 13 aromatic carbocycles. The molecule has 0 spiro atoms. The molecule has 0 bridgehead atoms. The number of anilines is 2. The monoisotopic (exact) mass is 1890 g/mol. The average Bonchev–Trinajstić information content (AvgIpc) is 0.667. The van der Waals surface area contributed by atoms with Gasteiger partial charge >= 0.3 is 0 Å². The molecule has 2 aliphatic rings. The van der Waals surface area contributed by atoms with Crippen LogP contribution >= 0.6 is 0 Å².